The summed E-state index contributed by atoms with van der Waals surface area (Å²) >= 11 is 0. The van der Waals surface area contributed by atoms with Gasteiger partial charge in [-0.3, -0.25) is 9.59 Å². The van der Waals surface area contributed by atoms with E-state index in [0.29, 0.717) is 35.6 Å². The van der Waals surface area contributed by atoms with E-state index in [2.05, 4.69) is 6.07 Å². The second kappa shape index (κ2) is 9.65. The first-order valence-corrected chi connectivity index (χ1v) is 11.0. The van der Waals surface area contributed by atoms with Crippen LogP contribution in [-0.2, 0) is 0 Å². The lowest BCUT2D eigenvalue weighted by Gasteiger charge is -2.32. The summed E-state index contributed by atoms with van der Waals surface area (Å²) < 4.78 is 6.02. The van der Waals surface area contributed by atoms with Gasteiger partial charge in [0, 0.05) is 43.2 Å². The van der Waals surface area contributed by atoms with Crippen molar-refractivity contribution in [3.8, 4) is 11.8 Å². The fourth-order valence-electron chi connectivity index (χ4n) is 4.29. The molecule has 2 aliphatic rings. The zero-order valence-electron chi connectivity index (χ0n) is 17.6. The fraction of sp³-hybridized carbons (Fsp3) is 0.400. The smallest absolute Gasteiger partial charge is 0.253 e. The maximum atomic E-state index is 12.8. The van der Waals surface area contributed by atoms with Gasteiger partial charge < -0.3 is 14.5 Å². The van der Waals surface area contributed by atoms with Crippen molar-refractivity contribution in [3.05, 3.63) is 65.2 Å². The molecule has 2 aliphatic heterocycles. The number of carbonyl (C=O) groups excluding carboxylic acids is 2. The number of ether oxygens (including phenoxy) is 1. The molecule has 0 N–H and O–H groups in total. The third-order valence-electron chi connectivity index (χ3n) is 6.03. The first-order chi connectivity index (χ1) is 15.1. The van der Waals surface area contributed by atoms with Crippen LogP contribution in [0.5, 0.6) is 5.75 Å². The molecule has 2 fully saturated rings. The lowest BCUT2D eigenvalue weighted by molar-refractivity contribution is 0.0632. The number of carbonyl (C=O) groups is 2. The van der Waals surface area contributed by atoms with Crippen molar-refractivity contribution in [3.63, 3.8) is 0 Å². The molecule has 2 saturated heterocycles. The van der Waals surface area contributed by atoms with Crippen molar-refractivity contribution in [2.75, 3.05) is 32.8 Å². The van der Waals surface area contributed by atoms with Crippen molar-refractivity contribution in [2.24, 2.45) is 5.92 Å². The lowest BCUT2D eigenvalue weighted by Crippen LogP contribution is -2.41. The zero-order chi connectivity index (χ0) is 21.6. The minimum Gasteiger partial charge on any atom is -0.493 e. The number of piperidine rings is 1. The third-order valence-corrected chi connectivity index (χ3v) is 6.03. The molecule has 0 spiro atoms. The van der Waals surface area contributed by atoms with Crippen LogP contribution in [0.4, 0.5) is 0 Å². The minimum atomic E-state index is -0.00704. The second-order valence-electron chi connectivity index (χ2n) is 8.29. The second-order valence-corrected chi connectivity index (χ2v) is 8.29. The maximum Gasteiger partial charge on any atom is 0.253 e. The SMILES string of the molecule is N#Cc1ccc(C(=O)N2CCCC(COc3cccc(C(=O)N4CCCC4)c3)C2)cc1. The number of hydrogen-bond acceptors (Lipinski definition) is 4. The molecule has 6 nitrogen and oxygen atoms in total. The molecular weight excluding hydrogens is 390 g/mol. The summed E-state index contributed by atoms with van der Waals surface area (Å²) in [5.41, 5.74) is 1.82. The van der Waals surface area contributed by atoms with Crippen LogP contribution in [0.3, 0.4) is 0 Å². The van der Waals surface area contributed by atoms with E-state index in [1.165, 1.54) is 0 Å². The number of hydrogen-bond donors (Lipinski definition) is 0. The van der Waals surface area contributed by atoms with Crippen LogP contribution >= 0.6 is 0 Å². The molecule has 2 aromatic carbocycles. The van der Waals surface area contributed by atoms with E-state index in [4.69, 9.17) is 10.00 Å². The van der Waals surface area contributed by atoms with Gasteiger partial charge in [0.1, 0.15) is 5.75 Å². The van der Waals surface area contributed by atoms with Gasteiger partial charge in [-0.15, -0.1) is 0 Å². The molecule has 1 unspecified atom stereocenters. The predicted molar refractivity (Wildman–Crippen MR) is 117 cm³/mol. The Kier molecular flexibility index (Phi) is 6.51. The molecule has 2 aromatic rings. The van der Waals surface area contributed by atoms with Crippen molar-refractivity contribution in [2.45, 2.75) is 25.7 Å². The number of rotatable bonds is 5. The number of amides is 2. The molecule has 0 radical (unpaired) electrons. The molecular formula is C25H27N3O3. The number of nitriles is 1. The molecule has 2 heterocycles. The molecule has 0 aliphatic carbocycles. The predicted octanol–water partition coefficient (Wildman–Crippen LogP) is 3.73. The van der Waals surface area contributed by atoms with E-state index in [-0.39, 0.29) is 17.7 Å². The van der Waals surface area contributed by atoms with E-state index in [9.17, 15) is 9.59 Å². The largest absolute Gasteiger partial charge is 0.493 e. The molecule has 0 bridgehead atoms. The summed E-state index contributed by atoms with van der Waals surface area (Å²) in [6.07, 6.45) is 4.08. The van der Waals surface area contributed by atoms with Crippen LogP contribution in [0.1, 0.15) is 52.0 Å². The van der Waals surface area contributed by atoms with Crippen molar-refractivity contribution in [1.29, 1.82) is 5.26 Å². The third kappa shape index (κ3) is 5.05. The summed E-state index contributed by atoms with van der Waals surface area (Å²) in [5.74, 6) is 1.00. The minimum absolute atomic E-state index is 0.00704. The highest BCUT2D eigenvalue weighted by atomic mass is 16.5. The van der Waals surface area contributed by atoms with Crippen molar-refractivity contribution < 1.29 is 14.3 Å². The van der Waals surface area contributed by atoms with Crippen LogP contribution in [0.2, 0.25) is 0 Å². The first-order valence-electron chi connectivity index (χ1n) is 11.0. The van der Waals surface area contributed by atoms with E-state index in [1.807, 2.05) is 34.1 Å². The standard InChI is InChI=1S/C25H27N3O3/c26-16-19-8-10-21(11-9-19)24(29)28-14-4-5-20(17-28)18-31-23-7-3-6-22(15-23)25(30)27-12-1-2-13-27/h3,6-11,15,20H,1-2,4-5,12-14,17-18H2. The summed E-state index contributed by atoms with van der Waals surface area (Å²) in [6.45, 7) is 3.54. The van der Waals surface area contributed by atoms with Gasteiger partial charge in [0.25, 0.3) is 11.8 Å². The zero-order valence-corrected chi connectivity index (χ0v) is 17.6. The van der Waals surface area contributed by atoms with E-state index in [0.717, 1.165) is 45.3 Å². The van der Waals surface area contributed by atoms with Crippen LogP contribution in [-0.4, -0.2) is 54.4 Å². The lowest BCUT2D eigenvalue weighted by atomic mass is 9.98. The van der Waals surface area contributed by atoms with Gasteiger partial charge >= 0.3 is 0 Å². The maximum absolute atomic E-state index is 12.8. The molecule has 0 aromatic heterocycles. The molecule has 1 atom stereocenters. The van der Waals surface area contributed by atoms with Gasteiger partial charge in [0.05, 0.1) is 18.2 Å². The fourth-order valence-corrected chi connectivity index (χ4v) is 4.29. The van der Waals surface area contributed by atoms with Gasteiger partial charge in [0.2, 0.25) is 0 Å². The van der Waals surface area contributed by atoms with Gasteiger partial charge in [0.15, 0.2) is 0 Å². The molecule has 0 saturated carbocycles. The van der Waals surface area contributed by atoms with Crippen LogP contribution < -0.4 is 4.74 Å². The Hall–Kier alpha value is -3.33. The van der Waals surface area contributed by atoms with Crippen LogP contribution in [0.15, 0.2) is 48.5 Å². The molecule has 2 amide bonds. The van der Waals surface area contributed by atoms with Crippen molar-refractivity contribution in [1.82, 2.24) is 9.80 Å². The van der Waals surface area contributed by atoms with Gasteiger partial charge in [-0.1, -0.05) is 6.07 Å². The highest BCUT2D eigenvalue weighted by Gasteiger charge is 2.25. The van der Waals surface area contributed by atoms with E-state index < -0.39 is 0 Å². The van der Waals surface area contributed by atoms with Gasteiger partial charge in [-0.05, 0) is 68.1 Å². The van der Waals surface area contributed by atoms with Crippen molar-refractivity contribution >= 4 is 11.8 Å². The number of nitrogens with zero attached hydrogens (tertiary/aromatic N) is 3. The number of likely N-dealkylation sites (tertiary alicyclic amines) is 2. The Morgan fingerprint density at radius 2 is 1.65 bits per heavy atom. The molecule has 4 rings (SSSR count). The highest BCUT2D eigenvalue weighted by Crippen LogP contribution is 2.22. The Morgan fingerprint density at radius 1 is 0.935 bits per heavy atom. The highest BCUT2D eigenvalue weighted by molar-refractivity contribution is 5.95. The Balaban J connectivity index is 1.33. The summed E-state index contributed by atoms with van der Waals surface area (Å²) in [7, 11) is 0. The Morgan fingerprint density at radius 3 is 2.39 bits per heavy atom. The van der Waals surface area contributed by atoms with Gasteiger partial charge in [-0.2, -0.15) is 5.26 Å². The topological polar surface area (TPSA) is 73.6 Å². The quantitative estimate of drug-likeness (QED) is 0.743. The average Bonchev–Trinajstić information content (AvgIpc) is 3.37. The Labute approximate surface area is 183 Å². The van der Waals surface area contributed by atoms with Gasteiger partial charge in [-0.25, -0.2) is 0 Å². The summed E-state index contributed by atoms with van der Waals surface area (Å²) in [5, 5.41) is 8.93. The van der Waals surface area contributed by atoms with E-state index >= 15 is 0 Å². The molecule has 31 heavy (non-hydrogen) atoms. The summed E-state index contributed by atoms with van der Waals surface area (Å²) in [4.78, 5) is 29.2. The monoisotopic (exact) mass is 417 g/mol. The van der Waals surface area contributed by atoms with Crippen LogP contribution in [0.25, 0.3) is 0 Å². The summed E-state index contributed by atoms with van der Waals surface area (Å²) in [6, 6.07) is 16.2. The van der Waals surface area contributed by atoms with Crippen LogP contribution in [0, 0.1) is 17.2 Å². The first kappa shape index (κ1) is 20.9. The normalized spacial score (nSPS) is 18.5. The Bertz CT molecular complexity index is 974. The number of benzene rings is 2. The average molecular weight is 418 g/mol. The molecule has 160 valence electrons. The van der Waals surface area contributed by atoms with E-state index in [1.54, 1.807) is 24.3 Å². The molecule has 6 heteroatoms.